The van der Waals surface area contributed by atoms with Crippen LogP contribution < -0.4 is 5.32 Å². The molecule has 1 atom stereocenters. The summed E-state index contributed by atoms with van der Waals surface area (Å²) in [5.74, 6) is -0.343. The lowest BCUT2D eigenvalue weighted by atomic mass is 10.1. The maximum atomic E-state index is 13.3. The van der Waals surface area contributed by atoms with Crippen LogP contribution in [-0.4, -0.2) is 19.7 Å². The minimum atomic E-state index is -0.343. The number of hydrogen-bond acceptors (Lipinski definition) is 2. The van der Waals surface area contributed by atoms with Gasteiger partial charge in [-0.3, -0.25) is 0 Å². The van der Waals surface area contributed by atoms with E-state index in [1.165, 1.54) is 0 Å². The highest BCUT2D eigenvalue weighted by molar-refractivity contribution is 6.30. The number of nitrogens with one attached hydrogen (secondary N) is 1. The normalized spacial score (nSPS) is 21.7. The number of benzene rings is 1. The Morgan fingerprint density at radius 1 is 1.53 bits per heavy atom. The molecule has 0 amide bonds. The van der Waals surface area contributed by atoms with Crippen LogP contribution in [0.5, 0.6) is 0 Å². The van der Waals surface area contributed by atoms with Crippen molar-refractivity contribution in [3.8, 4) is 0 Å². The number of rotatable bonds is 1. The molecule has 0 spiro atoms. The van der Waals surface area contributed by atoms with E-state index in [4.69, 9.17) is 16.3 Å². The highest BCUT2D eigenvalue weighted by Gasteiger charge is 2.17. The van der Waals surface area contributed by atoms with Gasteiger partial charge in [-0.25, -0.2) is 4.39 Å². The highest BCUT2D eigenvalue weighted by atomic mass is 35.5. The monoisotopic (exact) mass is 229 g/mol. The third-order valence-corrected chi connectivity index (χ3v) is 2.81. The molecule has 2 rings (SSSR count). The van der Waals surface area contributed by atoms with E-state index in [1.54, 1.807) is 19.1 Å². The summed E-state index contributed by atoms with van der Waals surface area (Å²) in [7, 11) is 0. The maximum Gasteiger partial charge on any atom is 0.144 e. The molecule has 0 radical (unpaired) electrons. The van der Waals surface area contributed by atoms with Crippen molar-refractivity contribution >= 4 is 11.6 Å². The number of halogens is 2. The average Bonchev–Trinajstić information content (AvgIpc) is 2.26. The van der Waals surface area contributed by atoms with Crippen molar-refractivity contribution in [1.29, 1.82) is 0 Å². The Morgan fingerprint density at radius 2 is 2.33 bits per heavy atom. The molecule has 0 saturated carbocycles. The molecule has 1 fully saturated rings. The van der Waals surface area contributed by atoms with Crippen LogP contribution in [0, 0.1) is 12.7 Å². The Kier molecular flexibility index (Phi) is 3.24. The number of hydrogen-bond donors (Lipinski definition) is 1. The van der Waals surface area contributed by atoms with Gasteiger partial charge in [-0.15, -0.1) is 0 Å². The molecule has 15 heavy (non-hydrogen) atoms. The smallest absolute Gasteiger partial charge is 0.144 e. The molecule has 1 heterocycles. The van der Waals surface area contributed by atoms with Gasteiger partial charge in [-0.2, -0.15) is 0 Å². The van der Waals surface area contributed by atoms with E-state index in [0.29, 0.717) is 12.2 Å². The second-order valence-electron chi connectivity index (χ2n) is 3.70. The van der Waals surface area contributed by atoms with Crippen LogP contribution in [0.25, 0.3) is 0 Å². The molecule has 1 aromatic carbocycles. The summed E-state index contributed by atoms with van der Waals surface area (Å²) >= 11 is 5.79. The molecule has 2 nitrogen and oxygen atoms in total. The molecular formula is C11H13ClFNO. The molecule has 1 N–H and O–H groups in total. The lowest BCUT2D eigenvalue weighted by Crippen LogP contribution is -2.33. The molecule has 1 aliphatic heterocycles. The second kappa shape index (κ2) is 4.47. The number of aryl methyl sites for hydroxylation is 1. The summed E-state index contributed by atoms with van der Waals surface area (Å²) < 4.78 is 18.9. The Bertz CT molecular complexity index is 341. The predicted octanol–water partition coefficient (Wildman–Crippen LogP) is 2.45. The number of morpholine rings is 1. The maximum absolute atomic E-state index is 13.3. The van der Waals surface area contributed by atoms with Crippen molar-refractivity contribution < 1.29 is 9.13 Å². The van der Waals surface area contributed by atoms with Gasteiger partial charge in [-0.1, -0.05) is 17.7 Å². The van der Waals surface area contributed by atoms with Gasteiger partial charge >= 0.3 is 0 Å². The fourth-order valence-corrected chi connectivity index (χ4v) is 1.99. The molecule has 1 aliphatic rings. The van der Waals surface area contributed by atoms with Gasteiger partial charge in [0.25, 0.3) is 0 Å². The first kappa shape index (κ1) is 10.9. The molecule has 1 saturated heterocycles. The minimum absolute atomic E-state index is 0.0180. The summed E-state index contributed by atoms with van der Waals surface area (Å²) in [4.78, 5) is 0. The standard InChI is InChI=1S/C11H13ClFNO/c1-7-4-8(5-9(12)11(7)13)10-6-14-2-3-15-10/h4-5,10,14H,2-3,6H2,1H3. The predicted molar refractivity (Wildman–Crippen MR) is 57.7 cm³/mol. The quantitative estimate of drug-likeness (QED) is 0.799. The topological polar surface area (TPSA) is 21.3 Å². The van der Waals surface area contributed by atoms with Crippen molar-refractivity contribution in [2.75, 3.05) is 19.7 Å². The van der Waals surface area contributed by atoms with E-state index in [-0.39, 0.29) is 16.9 Å². The van der Waals surface area contributed by atoms with Gasteiger partial charge in [0.15, 0.2) is 0 Å². The third-order valence-electron chi connectivity index (χ3n) is 2.53. The molecule has 1 unspecified atom stereocenters. The van der Waals surface area contributed by atoms with E-state index in [9.17, 15) is 4.39 Å². The molecular weight excluding hydrogens is 217 g/mol. The lowest BCUT2D eigenvalue weighted by Gasteiger charge is -2.24. The fourth-order valence-electron chi connectivity index (χ4n) is 1.72. The van der Waals surface area contributed by atoms with Gasteiger partial charge < -0.3 is 10.1 Å². The molecule has 4 heteroatoms. The zero-order chi connectivity index (χ0) is 10.8. The Labute approximate surface area is 93.4 Å². The van der Waals surface area contributed by atoms with Crippen LogP contribution in [0.3, 0.4) is 0 Å². The lowest BCUT2D eigenvalue weighted by molar-refractivity contribution is 0.0276. The summed E-state index contributed by atoms with van der Waals surface area (Å²) in [6.45, 7) is 4.01. The van der Waals surface area contributed by atoms with E-state index in [0.717, 1.165) is 18.7 Å². The van der Waals surface area contributed by atoms with Gasteiger partial charge in [0.05, 0.1) is 17.7 Å². The van der Waals surface area contributed by atoms with Gasteiger partial charge in [-0.05, 0) is 24.1 Å². The second-order valence-corrected chi connectivity index (χ2v) is 4.10. The minimum Gasteiger partial charge on any atom is -0.371 e. The summed E-state index contributed by atoms with van der Waals surface area (Å²) in [5.41, 5.74) is 1.50. The first-order valence-electron chi connectivity index (χ1n) is 4.96. The third kappa shape index (κ3) is 2.30. The fraction of sp³-hybridized carbons (Fsp3) is 0.455. The first-order valence-corrected chi connectivity index (χ1v) is 5.34. The summed E-state index contributed by atoms with van der Waals surface area (Å²) in [6.07, 6.45) is -0.0180. The average molecular weight is 230 g/mol. The molecule has 0 bridgehead atoms. The van der Waals surface area contributed by atoms with Crippen molar-refractivity contribution in [1.82, 2.24) is 5.32 Å². The Morgan fingerprint density at radius 3 is 2.93 bits per heavy atom. The van der Waals surface area contributed by atoms with Crippen molar-refractivity contribution in [3.63, 3.8) is 0 Å². The van der Waals surface area contributed by atoms with E-state index >= 15 is 0 Å². The van der Waals surface area contributed by atoms with E-state index in [2.05, 4.69) is 5.32 Å². The van der Waals surface area contributed by atoms with Crippen LogP contribution >= 0.6 is 11.6 Å². The van der Waals surface area contributed by atoms with Crippen LogP contribution in [0.1, 0.15) is 17.2 Å². The zero-order valence-electron chi connectivity index (χ0n) is 8.52. The largest absolute Gasteiger partial charge is 0.371 e. The van der Waals surface area contributed by atoms with Crippen LogP contribution in [0.4, 0.5) is 4.39 Å². The van der Waals surface area contributed by atoms with Crippen LogP contribution in [-0.2, 0) is 4.74 Å². The van der Waals surface area contributed by atoms with Gasteiger partial charge in [0, 0.05) is 13.1 Å². The van der Waals surface area contributed by atoms with Gasteiger partial charge in [0.2, 0.25) is 0 Å². The molecule has 82 valence electrons. The van der Waals surface area contributed by atoms with Gasteiger partial charge in [0.1, 0.15) is 5.82 Å². The molecule has 1 aromatic rings. The Balaban J connectivity index is 2.27. The SMILES string of the molecule is Cc1cc(C2CNCCO2)cc(Cl)c1F. The van der Waals surface area contributed by atoms with Crippen molar-refractivity contribution in [2.24, 2.45) is 0 Å². The first-order chi connectivity index (χ1) is 7.18. The summed E-state index contributed by atoms with van der Waals surface area (Å²) in [5, 5.41) is 3.39. The van der Waals surface area contributed by atoms with Crippen LogP contribution in [0.2, 0.25) is 5.02 Å². The van der Waals surface area contributed by atoms with E-state index < -0.39 is 0 Å². The van der Waals surface area contributed by atoms with Crippen molar-refractivity contribution in [3.05, 3.63) is 34.1 Å². The van der Waals surface area contributed by atoms with Crippen LogP contribution in [0.15, 0.2) is 12.1 Å². The summed E-state index contributed by atoms with van der Waals surface area (Å²) in [6, 6.07) is 3.43. The highest BCUT2D eigenvalue weighted by Crippen LogP contribution is 2.26. The van der Waals surface area contributed by atoms with Crippen molar-refractivity contribution in [2.45, 2.75) is 13.0 Å². The Hall–Kier alpha value is -0.640. The molecule has 0 aliphatic carbocycles. The van der Waals surface area contributed by atoms with E-state index in [1.807, 2.05) is 0 Å². The molecule has 0 aromatic heterocycles. The number of ether oxygens (including phenoxy) is 1. The zero-order valence-corrected chi connectivity index (χ0v) is 9.27.